The maximum absolute atomic E-state index is 9.17. The Bertz CT molecular complexity index is 1140. The van der Waals surface area contributed by atoms with Crippen LogP contribution in [-0.2, 0) is 6.42 Å². The number of anilines is 3. The Labute approximate surface area is 206 Å². The SMILES string of the molecule is C/C=C(\c1ccccc1CC)c1nc(Nc2cccc(N3CCN(CCO)CC3)c2)ncc1Cl. The average Bonchev–Trinajstić information content (AvgIpc) is 2.87. The first kappa shape index (κ1) is 24.2. The first-order chi connectivity index (χ1) is 16.6. The van der Waals surface area contributed by atoms with Crippen LogP contribution in [-0.4, -0.2) is 59.3 Å². The Kier molecular flexibility index (Phi) is 8.16. The van der Waals surface area contributed by atoms with Crippen molar-refractivity contribution in [3.8, 4) is 0 Å². The Morgan fingerprint density at radius 2 is 1.91 bits per heavy atom. The van der Waals surface area contributed by atoms with E-state index in [-0.39, 0.29) is 6.61 Å². The second kappa shape index (κ2) is 11.5. The standard InChI is InChI=1S/C27H32ClN5O/c1-3-20-8-5-6-11-24(20)23(4-2)26-25(28)19-29-27(31-26)30-21-9-7-10-22(18-21)33-14-12-32(13-15-33)16-17-34/h4-11,18-19,34H,3,12-17H2,1-2H3,(H,29,30,31)/b23-4+. The fraction of sp³-hybridized carbons (Fsp3) is 0.333. The third kappa shape index (κ3) is 5.58. The number of aliphatic hydroxyl groups is 1. The van der Waals surface area contributed by atoms with Crippen molar-refractivity contribution in [3.63, 3.8) is 0 Å². The molecule has 1 aromatic heterocycles. The first-order valence-corrected chi connectivity index (χ1v) is 12.2. The van der Waals surface area contributed by atoms with Gasteiger partial charge in [0.1, 0.15) is 0 Å². The van der Waals surface area contributed by atoms with Crippen LogP contribution >= 0.6 is 11.6 Å². The van der Waals surface area contributed by atoms with Crippen molar-refractivity contribution >= 4 is 34.5 Å². The lowest BCUT2D eigenvalue weighted by molar-refractivity contribution is 0.189. The number of hydrogen-bond acceptors (Lipinski definition) is 6. The minimum Gasteiger partial charge on any atom is -0.395 e. The second-order valence-corrected chi connectivity index (χ2v) is 8.74. The van der Waals surface area contributed by atoms with Gasteiger partial charge < -0.3 is 15.3 Å². The van der Waals surface area contributed by atoms with Crippen molar-refractivity contribution in [2.24, 2.45) is 0 Å². The van der Waals surface area contributed by atoms with E-state index in [1.807, 2.05) is 25.1 Å². The van der Waals surface area contributed by atoms with Gasteiger partial charge >= 0.3 is 0 Å². The van der Waals surface area contributed by atoms with Crippen molar-refractivity contribution in [2.75, 3.05) is 49.5 Å². The molecule has 0 radical (unpaired) electrons. The highest BCUT2D eigenvalue weighted by molar-refractivity contribution is 6.32. The van der Waals surface area contributed by atoms with Crippen molar-refractivity contribution in [1.29, 1.82) is 0 Å². The van der Waals surface area contributed by atoms with Crippen LogP contribution in [0.15, 0.2) is 60.8 Å². The van der Waals surface area contributed by atoms with E-state index in [2.05, 4.69) is 63.4 Å². The van der Waals surface area contributed by atoms with Crippen LogP contribution in [0.3, 0.4) is 0 Å². The van der Waals surface area contributed by atoms with Crippen LogP contribution in [0.5, 0.6) is 0 Å². The summed E-state index contributed by atoms with van der Waals surface area (Å²) in [5.41, 5.74) is 6.21. The molecule has 2 aromatic carbocycles. The topological polar surface area (TPSA) is 64.5 Å². The summed E-state index contributed by atoms with van der Waals surface area (Å²) in [4.78, 5) is 13.9. The van der Waals surface area contributed by atoms with Crippen LogP contribution in [0.1, 0.15) is 30.7 Å². The molecule has 7 heteroatoms. The monoisotopic (exact) mass is 477 g/mol. The fourth-order valence-corrected chi connectivity index (χ4v) is 4.60. The number of allylic oxidation sites excluding steroid dienone is 1. The third-order valence-corrected chi connectivity index (χ3v) is 6.51. The largest absolute Gasteiger partial charge is 0.395 e. The van der Waals surface area contributed by atoms with Crippen LogP contribution in [0.2, 0.25) is 5.02 Å². The Balaban J connectivity index is 1.55. The molecule has 4 rings (SSSR count). The van der Waals surface area contributed by atoms with Crippen molar-refractivity contribution < 1.29 is 5.11 Å². The third-order valence-electron chi connectivity index (χ3n) is 6.23. The van der Waals surface area contributed by atoms with Crippen molar-refractivity contribution in [3.05, 3.63) is 82.6 Å². The van der Waals surface area contributed by atoms with Crippen LogP contribution in [0.4, 0.5) is 17.3 Å². The van der Waals surface area contributed by atoms with E-state index in [0.717, 1.165) is 67.3 Å². The van der Waals surface area contributed by atoms with Gasteiger partial charge in [0.05, 0.1) is 23.5 Å². The maximum Gasteiger partial charge on any atom is 0.227 e. The van der Waals surface area contributed by atoms with Gasteiger partial charge in [0.15, 0.2) is 0 Å². The highest BCUT2D eigenvalue weighted by Crippen LogP contribution is 2.31. The molecule has 3 aromatic rings. The smallest absolute Gasteiger partial charge is 0.227 e. The molecule has 34 heavy (non-hydrogen) atoms. The zero-order valence-electron chi connectivity index (χ0n) is 19.8. The van der Waals surface area contributed by atoms with Gasteiger partial charge in [-0.05, 0) is 42.7 Å². The van der Waals surface area contributed by atoms with E-state index in [4.69, 9.17) is 21.7 Å². The van der Waals surface area contributed by atoms with Gasteiger partial charge in [-0.3, -0.25) is 4.90 Å². The first-order valence-electron chi connectivity index (χ1n) is 11.9. The molecule has 2 heterocycles. The Hall–Kier alpha value is -2.93. The number of aryl methyl sites for hydroxylation is 1. The molecule has 0 amide bonds. The van der Waals surface area contributed by atoms with E-state index in [1.54, 1.807) is 6.20 Å². The molecular formula is C27H32ClN5O. The number of hydrogen-bond donors (Lipinski definition) is 2. The molecule has 2 N–H and O–H groups in total. The zero-order valence-corrected chi connectivity index (χ0v) is 20.6. The van der Waals surface area contributed by atoms with Gasteiger partial charge in [-0.2, -0.15) is 0 Å². The molecular weight excluding hydrogens is 446 g/mol. The van der Waals surface area contributed by atoms with Gasteiger partial charge in [-0.1, -0.05) is 54.9 Å². The molecule has 6 nitrogen and oxygen atoms in total. The molecule has 1 saturated heterocycles. The number of aromatic nitrogens is 2. The number of β-amino-alcohol motifs (C(OH)–C–C–N with tert-alkyl or cyclic N) is 1. The van der Waals surface area contributed by atoms with E-state index in [1.165, 1.54) is 5.56 Å². The molecule has 0 bridgehead atoms. The lowest BCUT2D eigenvalue weighted by Crippen LogP contribution is -2.47. The highest BCUT2D eigenvalue weighted by atomic mass is 35.5. The summed E-state index contributed by atoms with van der Waals surface area (Å²) >= 11 is 6.56. The number of halogens is 1. The summed E-state index contributed by atoms with van der Waals surface area (Å²) < 4.78 is 0. The summed E-state index contributed by atoms with van der Waals surface area (Å²) in [5.74, 6) is 0.512. The summed E-state index contributed by atoms with van der Waals surface area (Å²) in [5, 5.41) is 13.1. The summed E-state index contributed by atoms with van der Waals surface area (Å²) in [6, 6.07) is 16.7. The quantitative estimate of drug-likeness (QED) is 0.476. The van der Waals surface area contributed by atoms with Crippen molar-refractivity contribution in [2.45, 2.75) is 20.3 Å². The molecule has 0 aliphatic carbocycles. The van der Waals surface area contributed by atoms with E-state index in [0.29, 0.717) is 11.0 Å². The average molecular weight is 478 g/mol. The van der Waals surface area contributed by atoms with E-state index >= 15 is 0 Å². The Morgan fingerprint density at radius 1 is 1.12 bits per heavy atom. The second-order valence-electron chi connectivity index (χ2n) is 8.33. The molecule has 178 valence electrons. The summed E-state index contributed by atoms with van der Waals surface area (Å²) in [6.45, 7) is 8.89. The lowest BCUT2D eigenvalue weighted by Gasteiger charge is -2.35. The van der Waals surface area contributed by atoms with Crippen LogP contribution < -0.4 is 10.2 Å². The Morgan fingerprint density at radius 3 is 2.65 bits per heavy atom. The van der Waals surface area contributed by atoms with Gasteiger partial charge in [-0.15, -0.1) is 0 Å². The normalized spacial score (nSPS) is 14.9. The molecule has 1 aliphatic heterocycles. The fourth-order valence-electron chi connectivity index (χ4n) is 4.41. The maximum atomic E-state index is 9.17. The van der Waals surface area contributed by atoms with Gasteiger partial charge in [-0.25, -0.2) is 9.97 Å². The number of nitrogens with one attached hydrogen (secondary N) is 1. The number of rotatable bonds is 8. The molecule has 0 saturated carbocycles. The zero-order chi connectivity index (χ0) is 23.9. The van der Waals surface area contributed by atoms with Crippen LogP contribution in [0.25, 0.3) is 5.57 Å². The molecule has 1 fully saturated rings. The number of benzene rings is 2. The van der Waals surface area contributed by atoms with Crippen molar-refractivity contribution in [1.82, 2.24) is 14.9 Å². The van der Waals surface area contributed by atoms with Gasteiger partial charge in [0.25, 0.3) is 0 Å². The van der Waals surface area contributed by atoms with Crippen LogP contribution in [0, 0.1) is 0 Å². The highest BCUT2D eigenvalue weighted by Gasteiger charge is 2.18. The molecule has 0 spiro atoms. The minimum absolute atomic E-state index is 0.210. The predicted octanol–water partition coefficient (Wildman–Crippen LogP) is 5.00. The summed E-state index contributed by atoms with van der Waals surface area (Å²) in [6.07, 6.45) is 4.65. The van der Waals surface area contributed by atoms with Gasteiger partial charge in [0, 0.05) is 49.7 Å². The predicted molar refractivity (Wildman–Crippen MR) is 141 cm³/mol. The summed E-state index contributed by atoms with van der Waals surface area (Å²) in [7, 11) is 0. The number of piperazine rings is 1. The number of nitrogens with zero attached hydrogens (tertiary/aromatic N) is 4. The van der Waals surface area contributed by atoms with Gasteiger partial charge in [0.2, 0.25) is 5.95 Å². The van der Waals surface area contributed by atoms with E-state index < -0.39 is 0 Å². The minimum atomic E-state index is 0.210. The van der Waals surface area contributed by atoms with E-state index in [9.17, 15) is 0 Å². The lowest BCUT2D eigenvalue weighted by atomic mass is 9.95. The number of aliphatic hydroxyl groups excluding tert-OH is 1. The molecule has 0 atom stereocenters. The molecule has 0 unspecified atom stereocenters. The molecule has 1 aliphatic rings.